The molecule has 0 heterocycles. The highest BCUT2D eigenvalue weighted by Gasteiger charge is 2.07. The molecule has 0 aliphatic carbocycles. The van der Waals surface area contributed by atoms with E-state index in [0.29, 0.717) is 0 Å². The van der Waals surface area contributed by atoms with Gasteiger partial charge in [0.1, 0.15) is 11.6 Å². The Hall–Kier alpha value is -2.12. The molecular weight excluding hydrogens is 204 g/mol. The summed E-state index contributed by atoms with van der Waals surface area (Å²) in [7, 11) is 0. The topological polar surface area (TPSA) is 73.1 Å². The predicted octanol–water partition coefficient (Wildman–Crippen LogP) is 0.702. The van der Waals surface area contributed by atoms with Gasteiger partial charge < -0.3 is 10.4 Å². The fourth-order valence-electron chi connectivity index (χ4n) is 1.13. The van der Waals surface area contributed by atoms with Crippen LogP contribution in [0.25, 0.3) is 6.08 Å². The van der Waals surface area contributed by atoms with E-state index in [9.17, 15) is 4.79 Å². The van der Waals surface area contributed by atoms with E-state index >= 15 is 0 Å². The third-order valence-corrected chi connectivity index (χ3v) is 1.87. The van der Waals surface area contributed by atoms with Gasteiger partial charge in [-0.1, -0.05) is 30.3 Å². The van der Waals surface area contributed by atoms with Crippen molar-refractivity contribution in [2.45, 2.75) is 0 Å². The van der Waals surface area contributed by atoms with E-state index in [0.717, 1.165) is 5.56 Å². The molecule has 0 unspecified atom stereocenters. The van der Waals surface area contributed by atoms with Crippen LogP contribution in [0.3, 0.4) is 0 Å². The van der Waals surface area contributed by atoms with Crippen molar-refractivity contribution in [3.05, 3.63) is 41.5 Å². The molecule has 0 aliphatic rings. The minimum absolute atomic E-state index is 0.0275. The SMILES string of the molecule is N#CC(=Cc1ccccc1)C(=O)NCCO. The number of aliphatic hydroxyl groups is 1. The first-order chi connectivity index (χ1) is 7.77. The van der Waals surface area contributed by atoms with Crippen LogP contribution < -0.4 is 5.32 Å². The summed E-state index contributed by atoms with van der Waals surface area (Å²) in [6, 6.07) is 10.9. The number of nitriles is 1. The van der Waals surface area contributed by atoms with E-state index in [2.05, 4.69) is 5.32 Å². The van der Waals surface area contributed by atoms with Gasteiger partial charge in [-0.2, -0.15) is 5.26 Å². The van der Waals surface area contributed by atoms with E-state index in [1.54, 1.807) is 12.1 Å². The molecule has 1 aromatic rings. The van der Waals surface area contributed by atoms with Crippen LogP contribution in [0.15, 0.2) is 35.9 Å². The Labute approximate surface area is 93.8 Å². The van der Waals surface area contributed by atoms with E-state index < -0.39 is 5.91 Å². The van der Waals surface area contributed by atoms with Gasteiger partial charge in [-0.05, 0) is 11.6 Å². The Kier molecular flexibility index (Phi) is 4.77. The quantitative estimate of drug-likeness (QED) is 0.575. The number of benzene rings is 1. The number of hydrogen-bond donors (Lipinski definition) is 2. The molecule has 2 N–H and O–H groups in total. The largest absolute Gasteiger partial charge is 0.395 e. The van der Waals surface area contributed by atoms with Crippen molar-refractivity contribution in [2.24, 2.45) is 0 Å². The zero-order valence-corrected chi connectivity index (χ0v) is 8.68. The molecule has 1 aromatic carbocycles. The average Bonchev–Trinajstić information content (AvgIpc) is 2.34. The van der Waals surface area contributed by atoms with Crippen molar-refractivity contribution < 1.29 is 9.90 Å². The van der Waals surface area contributed by atoms with Crippen molar-refractivity contribution in [3.63, 3.8) is 0 Å². The summed E-state index contributed by atoms with van der Waals surface area (Å²) in [5, 5.41) is 19.8. The smallest absolute Gasteiger partial charge is 0.262 e. The van der Waals surface area contributed by atoms with Crippen molar-refractivity contribution >= 4 is 12.0 Å². The first-order valence-corrected chi connectivity index (χ1v) is 4.84. The fraction of sp³-hybridized carbons (Fsp3) is 0.167. The molecule has 0 aromatic heterocycles. The van der Waals surface area contributed by atoms with Crippen molar-refractivity contribution in [3.8, 4) is 6.07 Å². The molecule has 4 nitrogen and oxygen atoms in total. The summed E-state index contributed by atoms with van der Waals surface area (Å²) in [4.78, 5) is 11.4. The highest BCUT2D eigenvalue weighted by atomic mass is 16.3. The Morgan fingerprint density at radius 2 is 2.12 bits per heavy atom. The van der Waals surface area contributed by atoms with Crippen molar-refractivity contribution in [1.82, 2.24) is 5.32 Å². The Morgan fingerprint density at radius 3 is 2.69 bits per heavy atom. The number of carbonyl (C=O) groups is 1. The van der Waals surface area contributed by atoms with Crippen molar-refractivity contribution in [1.29, 1.82) is 5.26 Å². The van der Waals surface area contributed by atoms with Crippen LogP contribution in [-0.4, -0.2) is 24.2 Å². The number of nitrogens with zero attached hydrogens (tertiary/aromatic N) is 1. The number of amides is 1. The Morgan fingerprint density at radius 1 is 1.44 bits per heavy atom. The van der Waals surface area contributed by atoms with Gasteiger partial charge in [0.05, 0.1) is 6.61 Å². The maximum Gasteiger partial charge on any atom is 0.262 e. The first kappa shape index (κ1) is 12.0. The van der Waals surface area contributed by atoms with Gasteiger partial charge in [-0.3, -0.25) is 4.79 Å². The number of nitrogens with one attached hydrogen (secondary N) is 1. The van der Waals surface area contributed by atoms with Crippen molar-refractivity contribution in [2.75, 3.05) is 13.2 Å². The molecule has 0 fully saturated rings. The van der Waals surface area contributed by atoms with Gasteiger partial charge in [0, 0.05) is 6.54 Å². The van der Waals surface area contributed by atoms with Crippen LogP contribution in [0.2, 0.25) is 0 Å². The lowest BCUT2D eigenvalue weighted by Gasteiger charge is -2.01. The standard InChI is InChI=1S/C12H12N2O2/c13-9-11(12(16)14-6-7-15)8-10-4-2-1-3-5-10/h1-5,8,15H,6-7H2,(H,14,16). The average molecular weight is 216 g/mol. The monoisotopic (exact) mass is 216 g/mol. The minimum Gasteiger partial charge on any atom is -0.395 e. The number of hydrogen-bond acceptors (Lipinski definition) is 3. The highest BCUT2D eigenvalue weighted by Crippen LogP contribution is 2.05. The fourth-order valence-corrected chi connectivity index (χ4v) is 1.13. The lowest BCUT2D eigenvalue weighted by atomic mass is 10.1. The lowest BCUT2D eigenvalue weighted by molar-refractivity contribution is -0.117. The zero-order chi connectivity index (χ0) is 11.8. The van der Waals surface area contributed by atoms with E-state index in [4.69, 9.17) is 10.4 Å². The van der Waals surface area contributed by atoms with Gasteiger partial charge in [-0.25, -0.2) is 0 Å². The van der Waals surface area contributed by atoms with Crippen LogP contribution in [0.1, 0.15) is 5.56 Å². The zero-order valence-electron chi connectivity index (χ0n) is 8.68. The summed E-state index contributed by atoms with van der Waals surface area (Å²) in [5.74, 6) is -0.472. The van der Waals surface area contributed by atoms with Gasteiger partial charge in [0.2, 0.25) is 0 Å². The van der Waals surface area contributed by atoms with E-state index in [1.165, 1.54) is 6.08 Å². The number of rotatable bonds is 4. The summed E-state index contributed by atoms with van der Waals surface area (Å²) in [5.41, 5.74) is 0.817. The lowest BCUT2D eigenvalue weighted by Crippen LogP contribution is -2.27. The normalized spacial score (nSPS) is 10.6. The molecule has 0 atom stereocenters. The first-order valence-electron chi connectivity index (χ1n) is 4.84. The maximum atomic E-state index is 11.4. The molecule has 0 saturated heterocycles. The molecule has 1 amide bonds. The van der Waals surface area contributed by atoms with Crippen LogP contribution in [0.4, 0.5) is 0 Å². The third-order valence-electron chi connectivity index (χ3n) is 1.87. The second-order valence-electron chi connectivity index (χ2n) is 3.06. The summed E-state index contributed by atoms with van der Waals surface area (Å²) < 4.78 is 0. The Bertz CT molecular complexity index is 418. The molecule has 1 rings (SSSR count). The molecule has 0 spiro atoms. The molecule has 0 radical (unpaired) electrons. The highest BCUT2D eigenvalue weighted by molar-refractivity contribution is 6.01. The molecule has 0 bridgehead atoms. The molecule has 4 heteroatoms. The van der Waals surface area contributed by atoms with Gasteiger partial charge in [0.25, 0.3) is 5.91 Å². The molecule has 16 heavy (non-hydrogen) atoms. The van der Waals surface area contributed by atoms with Crippen LogP contribution >= 0.6 is 0 Å². The second kappa shape index (κ2) is 6.38. The minimum atomic E-state index is -0.472. The summed E-state index contributed by atoms with van der Waals surface area (Å²) >= 11 is 0. The van der Waals surface area contributed by atoms with Gasteiger partial charge in [0.15, 0.2) is 0 Å². The van der Waals surface area contributed by atoms with Gasteiger partial charge >= 0.3 is 0 Å². The van der Waals surface area contributed by atoms with E-state index in [1.807, 2.05) is 24.3 Å². The summed E-state index contributed by atoms with van der Waals surface area (Å²) in [6.07, 6.45) is 1.51. The summed E-state index contributed by atoms with van der Waals surface area (Å²) in [6.45, 7) is 0.00241. The predicted molar refractivity (Wildman–Crippen MR) is 60.1 cm³/mol. The molecule has 0 saturated carbocycles. The molecule has 82 valence electrons. The van der Waals surface area contributed by atoms with Crippen LogP contribution in [0.5, 0.6) is 0 Å². The second-order valence-corrected chi connectivity index (χ2v) is 3.06. The van der Waals surface area contributed by atoms with Crippen LogP contribution in [0, 0.1) is 11.3 Å². The number of carbonyl (C=O) groups excluding carboxylic acids is 1. The maximum absolute atomic E-state index is 11.4. The molecular formula is C12H12N2O2. The molecule has 0 aliphatic heterocycles. The van der Waals surface area contributed by atoms with E-state index in [-0.39, 0.29) is 18.7 Å². The van der Waals surface area contributed by atoms with Gasteiger partial charge in [-0.15, -0.1) is 0 Å². The Balaban J connectivity index is 2.79. The number of aliphatic hydroxyl groups excluding tert-OH is 1. The van der Waals surface area contributed by atoms with Crippen LogP contribution in [-0.2, 0) is 4.79 Å². The third kappa shape index (κ3) is 3.56.